The molecule has 4 heteroatoms. The number of carbonyl (C=O) groups is 1. The van der Waals surface area contributed by atoms with Crippen LogP contribution in [0.4, 0.5) is 4.39 Å². The Morgan fingerprint density at radius 1 is 1.24 bits per heavy atom. The van der Waals surface area contributed by atoms with Crippen molar-refractivity contribution in [3.8, 4) is 11.3 Å². The van der Waals surface area contributed by atoms with E-state index in [2.05, 4.69) is 0 Å². The summed E-state index contributed by atoms with van der Waals surface area (Å²) in [4.78, 5) is 10.8. The number of furan rings is 1. The van der Waals surface area contributed by atoms with Crippen molar-refractivity contribution in [3.63, 3.8) is 0 Å². The number of halogens is 1. The lowest BCUT2D eigenvalue weighted by atomic mass is 10.1. The zero-order valence-electron chi connectivity index (χ0n) is 9.18. The fourth-order valence-corrected chi connectivity index (χ4v) is 1.48. The number of benzene rings is 1. The maximum absolute atomic E-state index is 12.7. The molecule has 1 aromatic carbocycles. The van der Waals surface area contributed by atoms with Crippen LogP contribution in [-0.4, -0.2) is 11.1 Å². The number of carboxylic acid groups (broad SMARTS) is 1. The minimum Gasteiger partial charge on any atom is -0.481 e. The first-order valence-electron chi connectivity index (χ1n) is 5.16. The molecule has 3 nitrogen and oxygen atoms in total. The largest absolute Gasteiger partial charge is 0.481 e. The van der Waals surface area contributed by atoms with Crippen LogP contribution in [0.1, 0.15) is 18.6 Å². The summed E-state index contributed by atoms with van der Waals surface area (Å²) in [5.74, 6) is -1.03. The minimum absolute atomic E-state index is 0.320. The van der Waals surface area contributed by atoms with Crippen molar-refractivity contribution in [1.82, 2.24) is 0 Å². The maximum atomic E-state index is 12.7. The minimum atomic E-state index is -0.940. The van der Waals surface area contributed by atoms with Crippen molar-refractivity contribution >= 4 is 5.97 Å². The normalized spacial score (nSPS) is 12.4. The van der Waals surface area contributed by atoms with Crippen LogP contribution in [0.2, 0.25) is 0 Å². The zero-order chi connectivity index (χ0) is 12.4. The Labute approximate surface area is 97.5 Å². The van der Waals surface area contributed by atoms with Gasteiger partial charge in [0.2, 0.25) is 0 Å². The summed E-state index contributed by atoms with van der Waals surface area (Å²) < 4.78 is 18.2. The van der Waals surface area contributed by atoms with Gasteiger partial charge in [-0.1, -0.05) is 0 Å². The van der Waals surface area contributed by atoms with E-state index in [1.807, 2.05) is 0 Å². The van der Waals surface area contributed by atoms with E-state index < -0.39 is 11.9 Å². The third-order valence-corrected chi connectivity index (χ3v) is 2.55. The van der Waals surface area contributed by atoms with Gasteiger partial charge in [0.05, 0.1) is 0 Å². The van der Waals surface area contributed by atoms with Gasteiger partial charge >= 0.3 is 5.97 Å². The van der Waals surface area contributed by atoms with Gasteiger partial charge in [-0.25, -0.2) is 4.39 Å². The molecule has 0 spiro atoms. The lowest BCUT2D eigenvalue weighted by molar-refractivity contribution is -0.138. The molecule has 0 fully saturated rings. The van der Waals surface area contributed by atoms with E-state index in [4.69, 9.17) is 9.52 Å². The highest BCUT2D eigenvalue weighted by Crippen LogP contribution is 2.26. The highest BCUT2D eigenvalue weighted by Gasteiger charge is 2.17. The van der Waals surface area contributed by atoms with Crippen LogP contribution in [0.3, 0.4) is 0 Å². The van der Waals surface area contributed by atoms with E-state index in [0.717, 1.165) is 5.56 Å². The average Bonchev–Trinajstić information content (AvgIpc) is 2.78. The van der Waals surface area contributed by atoms with E-state index in [1.54, 1.807) is 31.2 Å². The molecule has 0 aliphatic heterocycles. The van der Waals surface area contributed by atoms with Crippen LogP contribution in [-0.2, 0) is 4.79 Å². The quantitative estimate of drug-likeness (QED) is 0.886. The standard InChI is InChI=1S/C13H11FO3/c1-8(13(15)16)11-6-7-12(17-11)9-2-4-10(14)5-3-9/h2-8H,1H3,(H,15,16). The van der Waals surface area contributed by atoms with Crippen molar-refractivity contribution in [2.24, 2.45) is 0 Å². The van der Waals surface area contributed by atoms with Crippen molar-refractivity contribution < 1.29 is 18.7 Å². The molecule has 0 radical (unpaired) electrons. The first-order valence-corrected chi connectivity index (χ1v) is 5.16. The van der Waals surface area contributed by atoms with Gasteiger partial charge < -0.3 is 9.52 Å². The molecule has 0 bridgehead atoms. The molecule has 1 atom stereocenters. The van der Waals surface area contributed by atoms with Gasteiger partial charge in [0.1, 0.15) is 23.3 Å². The molecular weight excluding hydrogens is 223 g/mol. The molecule has 17 heavy (non-hydrogen) atoms. The Balaban J connectivity index is 2.29. The monoisotopic (exact) mass is 234 g/mol. The van der Waals surface area contributed by atoms with Crippen molar-refractivity contribution in [1.29, 1.82) is 0 Å². The van der Waals surface area contributed by atoms with E-state index in [0.29, 0.717) is 11.5 Å². The predicted molar refractivity (Wildman–Crippen MR) is 60.2 cm³/mol. The second kappa shape index (κ2) is 4.41. The molecule has 1 N–H and O–H groups in total. The van der Waals surface area contributed by atoms with Crippen molar-refractivity contribution in [2.75, 3.05) is 0 Å². The van der Waals surface area contributed by atoms with Crippen LogP contribution >= 0.6 is 0 Å². The Bertz CT molecular complexity index is 528. The Hall–Kier alpha value is -2.10. The number of carboxylic acids is 1. The number of hydrogen-bond donors (Lipinski definition) is 1. The number of rotatable bonds is 3. The number of hydrogen-bond acceptors (Lipinski definition) is 2. The maximum Gasteiger partial charge on any atom is 0.313 e. The van der Waals surface area contributed by atoms with E-state index in [1.165, 1.54) is 12.1 Å². The van der Waals surface area contributed by atoms with Gasteiger partial charge in [0.15, 0.2) is 0 Å². The molecule has 1 heterocycles. The SMILES string of the molecule is CC(C(=O)O)c1ccc(-c2ccc(F)cc2)o1. The summed E-state index contributed by atoms with van der Waals surface area (Å²) in [5.41, 5.74) is 0.718. The molecule has 1 aromatic heterocycles. The topological polar surface area (TPSA) is 50.4 Å². The van der Waals surface area contributed by atoms with Crippen molar-refractivity contribution in [3.05, 3.63) is 48.0 Å². The molecule has 0 aliphatic carbocycles. The smallest absolute Gasteiger partial charge is 0.313 e. The second-order valence-electron chi connectivity index (χ2n) is 3.77. The van der Waals surface area contributed by atoms with Crippen LogP contribution in [0, 0.1) is 5.82 Å². The van der Waals surface area contributed by atoms with Crippen LogP contribution in [0.5, 0.6) is 0 Å². The molecule has 88 valence electrons. The van der Waals surface area contributed by atoms with E-state index in [9.17, 15) is 9.18 Å². The molecule has 2 rings (SSSR count). The Morgan fingerprint density at radius 2 is 1.88 bits per heavy atom. The molecule has 0 saturated heterocycles. The highest BCUT2D eigenvalue weighted by molar-refractivity contribution is 5.75. The van der Waals surface area contributed by atoms with Gasteiger partial charge in [-0.2, -0.15) is 0 Å². The highest BCUT2D eigenvalue weighted by atomic mass is 19.1. The fraction of sp³-hybridized carbons (Fsp3) is 0.154. The molecule has 1 unspecified atom stereocenters. The second-order valence-corrected chi connectivity index (χ2v) is 3.77. The summed E-state index contributed by atoms with van der Waals surface area (Å²) >= 11 is 0. The summed E-state index contributed by atoms with van der Waals surface area (Å²) in [5, 5.41) is 8.84. The van der Waals surface area contributed by atoms with Gasteiger partial charge in [0.25, 0.3) is 0 Å². The number of aliphatic carboxylic acids is 1. The summed E-state index contributed by atoms with van der Waals surface area (Å²) in [6, 6.07) is 9.14. The lowest BCUT2D eigenvalue weighted by Crippen LogP contribution is -2.05. The molecule has 0 amide bonds. The van der Waals surface area contributed by atoms with Crippen molar-refractivity contribution in [2.45, 2.75) is 12.8 Å². The summed E-state index contributed by atoms with van der Waals surface area (Å²) in [6.45, 7) is 1.55. The zero-order valence-corrected chi connectivity index (χ0v) is 9.18. The summed E-state index contributed by atoms with van der Waals surface area (Å²) in [7, 11) is 0. The van der Waals surface area contributed by atoms with E-state index >= 15 is 0 Å². The predicted octanol–water partition coefficient (Wildman–Crippen LogP) is 3.27. The van der Waals surface area contributed by atoms with Crippen LogP contribution < -0.4 is 0 Å². The molecule has 0 saturated carbocycles. The Kier molecular flexibility index (Phi) is 2.95. The fourth-order valence-electron chi connectivity index (χ4n) is 1.48. The molecule has 0 aliphatic rings. The lowest BCUT2D eigenvalue weighted by Gasteiger charge is -2.01. The molecular formula is C13H11FO3. The van der Waals surface area contributed by atoms with Gasteiger partial charge in [-0.15, -0.1) is 0 Å². The third-order valence-electron chi connectivity index (χ3n) is 2.55. The first-order chi connectivity index (χ1) is 8.08. The van der Waals surface area contributed by atoms with Gasteiger partial charge in [-0.3, -0.25) is 4.79 Å². The third kappa shape index (κ3) is 2.36. The van der Waals surface area contributed by atoms with Gasteiger partial charge in [-0.05, 0) is 43.3 Å². The van der Waals surface area contributed by atoms with Crippen LogP contribution in [0.25, 0.3) is 11.3 Å². The van der Waals surface area contributed by atoms with E-state index in [-0.39, 0.29) is 5.82 Å². The van der Waals surface area contributed by atoms with Crippen LogP contribution in [0.15, 0.2) is 40.8 Å². The Morgan fingerprint density at radius 3 is 2.47 bits per heavy atom. The van der Waals surface area contributed by atoms with Gasteiger partial charge in [0, 0.05) is 5.56 Å². The average molecular weight is 234 g/mol. The summed E-state index contributed by atoms with van der Waals surface area (Å²) in [6.07, 6.45) is 0. The first kappa shape index (κ1) is 11.4. The molecule has 2 aromatic rings.